The molecule has 2 nitrogen and oxygen atoms in total. The lowest BCUT2D eigenvalue weighted by Gasteiger charge is -2.22. The van der Waals surface area contributed by atoms with Crippen LogP contribution in [0, 0.1) is 0 Å². The van der Waals surface area contributed by atoms with Crippen molar-refractivity contribution in [3.63, 3.8) is 0 Å². The van der Waals surface area contributed by atoms with Crippen LogP contribution in [0.1, 0.15) is 117 Å². The second-order valence-electron chi connectivity index (χ2n) is 8.79. The second-order valence-corrected chi connectivity index (χ2v) is 12.2. The number of rotatable bonds is 20. The molecule has 0 radical (unpaired) electrons. The van der Waals surface area contributed by atoms with Crippen LogP contribution in [0.3, 0.4) is 0 Å². The van der Waals surface area contributed by atoms with Crippen molar-refractivity contribution in [1.82, 2.24) is 0 Å². The monoisotopic (exact) mass is 398 g/mol. The van der Waals surface area contributed by atoms with E-state index >= 15 is 0 Å². The quantitative estimate of drug-likeness (QED) is 0.116. The topological polar surface area (TPSA) is 18.5 Å². The normalized spacial score (nSPS) is 11.7. The average molecular weight is 399 g/mol. The first-order valence-electron chi connectivity index (χ1n) is 11.9. The molecule has 0 aromatic carbocycles. The molecule has 0 heterocycles. The lowest BCUT2D eigenvalue weighted by Crippen LogP contribution is -2.35. The smallest absolute Gasteiger partial charge is 0.331 e. The van der Waals surface area contributed by atoms with E-state index in [9.17, 15) is 0 Å². The highest BCUT2D eigenvalue weighted by Gasteiger charge is 2.23. The van der Waals surface area contributed by atoms with Crippen LogP contribution >= 0.6 is 0 Å². The lowest BCUT2D eigenvalue weighted by atomic mass is 10.0. The molecule has 0 fully saturated rings. The van der Waals surface area contributed by atoms with Crippen LogP contribution in [0.2, 0.25) is 13.1 Å². The minimum absolute atomic E-state index is 0.695. The molecular formula is C24H50O2Si. The van der Waals surface area contributed by atoms with Gasteiger partial charge in [0.15, 0.2) is 0 Å². The molecule has 0 aliphatic rings. The Balaban J connectivity index is 3.25. The van der Waals surface area contributed by atoms with Gasteiger partial charge >= 0.3 is 8.56 Å². The molecule has 0 saturated carbocycles. The molecule has 0 amide bonds. The van der Waals surface area contributed by atoms with Gasteiger partial charge in [-0.2, -0.15) is 0 Å². The van der Waals surface area contributed by atoms with Gasteiger partial charge in [0.05, 0.1) is 6.61 Å². The molecule has 0 bridgehead atoms. The molecule has 0 aromatic rings. The Morgan fingerprint density at radius 3 is 1.44 bits per heavy atom. The zero-order valence-electron chi connectivity index (χ0n) is 19.4. The number of allylic oxidation sites excluding steroid dienone is 1. The number of hydrogen-bond acceptors (Lipinski definition) is 2. The molecule has 0 aromatic heterocycles. The molecule has 0 rings (SSSR count). The highest BCUT2D eigenvalue weighted by molar-refractivity contribution is 6.64. The van der Waals surface area contributed by atoms with Gasteiger partial charge in [0.2, 0.25) is 0 Å². The largest absolute Gasteiger partial charge is 0.395 e. The molecular weight excluding hydrogens is 348 g/mol. The summed E-state index contributed by atoms with van der Waals surface area (Å²) in [4.78, 5) is 0. The summed E-state index contributed by atoms with van der Waals surface area (Å²) in [5.41, 5.74) is 1.31. The highest BCUT2D eigenvalue weighted by atomic mass is 28.4. The Hall–Kier alpha value is -0.123. The van der Waals surface area contributed by atoms with Gasteiger partial charge in [-0.1, -0.05) is 108 Å². The summed E-state index contributed by atoms with van der Waals surface area (Å²) < 4.78 is 11.9. The Kier molecular flexibility index (Phi) is 19.1. The summed E-state index contributed by atoms with van der Waals surface area (Å²) in [5, 5.41) is 0. The first-order chi connectivity index (χ1) is 13.0. The maximum atomic E-state index is 6.01. The molecule has 0 spiro atoms. The van der Waals surface area contributed by atoms with Gasteiger partial charge in [0, 0.05) is 6.61 Å². The van der Waals surface area contributed by atoms with Gasteiger partial charge in [-0.05, 0) is 33.4 Å². The van der Waals surface area contributed by atoms with E-state index in [0.717, 1.165) is 6.61 Å². The van der Waals surface area contributed by atoms with Crippen LogP contribution in [-0.4, -0.2) is 21.8 Å². The zero-order chi connectivity index (χ0) is 20.2. The molecule has 27 heavy (non-hydrogen) atoms. The third-order valence-corrected chi connectivity index (χ3v) is 6.88. The van der Waals surface area contributed by atoms with Crippen molar-refractivity contribution in [2.24, 2.45) is 0 Å². The second kappa shape index (κ2) is 19.2. The summed E-state index contributed by atoms with van der Waals surface area (Å²) >= 11 is 0. The Bertz CT molecular complexity index is 335. The maximum Gasteiger partial charge on any atom is 0.331 e. The fraction of sp³-hybridized carbons (Fsp3) is 0.917. The minimum atomic E-state index is -1.92. The summed E-state index contributed by atoms with van der Waals surface area (Å²) in [7, 11) is -1.92. The Morgan fingerprint density at radius 2 is 1.04 bits per heavy atom. The average Bonchev–Trinajstić information content (AvgIpc) is 2.60. The van der Waals surface area contributed by atoms with E-state index < -0.39 is 8.56 Å². The summed E-state index contributed by atoms with van der Waals surface area (Å²) in [6, 6.07) is 0. The molecule has 0 N–H and O–H groups in total. The summed E-state index contributed by atoms with van der Waals surface area (Å²) in [6.45, 7) is 12.4. The van der Waals surface area contributed by atoms with Gasteiger partial charge in [0.1, 0.15) is 0 Å². The van der Waals surface area contributed by atoms with Crippen molar-refractivity contribution < 1.29 is 8.85 Å². The van der Waals surface area contributed by atoms with Crippen LogP contribution in [0.4, 0.5) is 0 Å². The van der Waals surface area contributed by atoms with E-state index in [1.807, 2.05) is 0 Å². The molecule has 0 atom stereocenters. The Morgan fingerprint density at radius 1 is 0.630 bits per heavy atom. The standard InChI is InChI=1S/C24H50O2Si/c1-6-7-8-9-10-11-12-13-14-15-16-17-18-19-20-22-25-27(4,5)26-23-21-24(2)3/h21H,6-20,22-23H2,1-5H3. The first-order valence-corrected chi connectivity index (χ1v) is 14.7. The predicted molar refractivity (Wildman–Crippen MR) is 124 cm³/mol. The van der Waals surface area contributed by atoms with Crippen LogP contribution in [0.25, 0.3) is 0 Å². The minimum Gasteiger partial charge on any atom is -0.395 e. The highest BCUT2D eigenvalue weighted by Crippen LogP contribution is 2.14. The van der Waals surface area contributed by atoms with Gasteiger partial charge in [0.25, 0.3) is 0 Å². The van der Waals surface area contributed by atoms with Crippen molar-refractivity contribution in [1.29, 1.82) is 0 Å². The molecule has 0 saturated heterocycles. The maximum absolute atomic E-state index is 6.01. The van der Waals surface area contributed by atoms with Gasteiger partial charge < -0.3 is 8.85 Å². The predicted octanol–water partition coefficient (Wildman–Crippen LogP) is 8.56. The van der Waals surface area contributed by atoms with E-state index in [-0.39, 0.29) is 0 Å². The van der Waals surface area contributed by atoms with Crippen LogP contribution in [-0.2, 0) is 8.85 Å². The molecule has 0 aliphatic carbocycles. The van der Waals surface area contributed by atoms with E-state index in [0.29, 0.717) is 6.61 Å². The fourth-order valence-electron chi connectivity index (χ4n) is 3.24. The van der Waals surface area contributed by atoms with E-state index in [1.165, 1.54) is 102 Å². The van der Waals surface area contributed by atoms with Gasteiger partial charge in [-0.25, -0.2) is 0 Å². The summed E-state index contributed by atoms with van der Waals surface area (Å²) in [5.74, 6) is 0. The SMILES string of the molecule is CCCCCCCCCCCCCCCCCO[Si](C)(C)OCC=C(C)C. The van der Waals surface area contributed by atoms with Gasteiger partial charge in [-0.3, -0.25) is 0 Å². The zero-order valence-corrected chi connectivity index (χ0v) is 20.4. The van der Waals surface area contributed by atoms with Crippen molar-refractivity contribution in [2.75, 3.05) is 13.2 Å². The van der Waals surface area contributed by atoms with Crippen molar-refractivity contribution in [3.8, 4) is 0 Å². The molecule has 0 aliphatic heterocycles. The third kappa shape index (κ3) is 22.0. The fourth-order valence-corrected chi connectivity index (χ4v) is 4.45. The Labute approximate surface area is 172 Å². The van der Waals surface area contributed by atoms with Crippen LogP contribution in [0.5, 0.6) is 0 Å². The van der Waals surface area contributed by atoms with Crippen molar-refractivity contribution >= 4 is 8.56 Å². The van der Waals surface area contributed by atoms with Crippen LogP contribution in [0.15, 0.2) is 11.6 Å². The van der Waals surface area contributed by atoms with E-state index in [1.54, 1.807) is 0 Å². The summed E-state index contributed by atoms with van der Waals surface area (Å²) in [6.07, 6.45) is 23.2. The van der Waals surface area contributed by atoms with Gasteiger partial charge in [-0.15, -0.1) is 0 Å². The van der Waals surface area contributed by atoms with Crippen LogP contribution < -0.4 is 0 Å². The number of hydrogen-bond donors (Lipinski definition) is 0. The van der Waals surface area contributed by atoms with Crippen molar-refractivity contribution in [2.45, 2.75) is 130 Å². The molecule has 0 unspecified atom stereocenters. The first kappa shape index (κ1) is 26.9. The molecule has 3 heteroatoms. The number of unbranched alkanes of at least 4 members (excludes halogenated alkanes) is 14. The van der Waals surface area contributed by atoms with Crippen molar-refractivity contribution in [3.05, 3.63) is 11.6 Å². The van der Waals surface area contributed by atoms with E-state index in [2.05, 4.69) is 39.9 Å². The lowest BCUT2D eigenvalue weighted by molar-refractivity contribution is 0.190. The van der Waals surface area contributed by atoms with E-state index in [4.69, 9.17) is 8.85 Å². The third-order valence-electron chi connectivity index (χ3n) is 5.12. The molecule has 162 valence electrons.